The highest BCUT2D eigenvalue weighted by Crippen LogP contribution is 2.68. The number of aliphatic hydroxyl groups is 1. The van der Waals surface area contributed by atoms with Crippen LogP contribution in [0, 0.1) is 22.7 Å². The fourth-order valence-corrected chi connectivity index (χ4v) is 6.58. The Morgan fingerprint density at radius 2 is 1.88 bits per heavy atom. The number of rotatable bonds is 1. The Kier molecular flexibility index (Phi) is 3.64. The Morgan fingerprint density at radius 1 is 1.12 bits per heavy atom. The lowest BCUT2D eigenvalue weighted by molar-refractivity contribution is -0.173. The first-order valence-electron chi connectivity index (χ1n) is 9.69. The lowest BCUT2D eigenvalue weighted by Gasteiger charge is -2.60. The molecule has 2 unspecified atom stereocenters. The van der Waals surface area contributed by atoms with E-state index in [-0.39, 0.29) is 22.4 Å². The van der Waals surface area contributed by atoms with Gasteiger partial charge in [-0.3, -0.25) is 0 Å². The van der Waals surface area contributed by atoms with E-state index >= 15 is 0 Å². The first kappa shape index (κ1) is 17.1. The Bertz CT molecular complexity index is 740. The predicted molar refractivity (Wildman–Crippen MR) is 98.4 cm³/mol. The van der Waals surface area contributed by atoms with Crippen molar-refractivity contribution in [1.82, 2.24) is 0 Å². The minimum atomic E-state index is -0.630. The summed E-state index contributed by atoms with van der Waals surface area (Å²) in [4.78, 5) is 11.3. The Labute approximate surface area is 150 Å². The number of hydrogen-bond acceptors (Lipinski definition) is 3. The van der Waals surface area contributed by atoms with Crippen LogP contribution in [0.2, 0.25) is 0 Å². The van der Waals surface area contributed by atoms with Gasteiger partial charge in [0.2, 0.25) is 0 Å². The average Bonchev–Trinajstić information content (AvgIpc) is 2.84. The zero-order valence-electron chi connectivity index (χ0n) is 15.7. The average molecular weight is 342 g/mol. The summed E-state index contributed by atoms with van der Waals surface area (Å²) in [6, 6.07) is 3.40. The summed E-state index contributed by atoms with van der Waals surface area (Å²) in [5.41, 5.74) is 1.43. The fourth-order valence-electron chi connectivity index (χ4n) is 6.58. The van der Waals surface area contributed by atoms with Crippen LogP contribution in [-0.4, -0.2) is 10.7 Å². The largest absolute Gasteiger partial charge is 0.431 e. The molecular formula is C22H30O3. The van der Waals surface area contributed by atoms with Gasteiger partial charge in [0.25, 0.3) is 0 Å². The van der Waals surface area contributed by atoms with Crippen LogP contribution in [0.15, 0.2) is 39.8 Å². The number of allylic oxidation sites excluding steroid dienone is 1. The summed E-state index contributed by atoms with van der Waals surface area (Å²) in [6.07, 6.45) is 7.66. The van der Waals surface area contributed by atoms with Gasteiger partial charge in [-0.2, -0.15) is 0 Å². The number of fused-ring (bicyclic) bond motifs is 3. The summed E-state index contributed by atoms with van der Waals surface area (Å²) < 4.78 is 5.13. The molecule has 3 aliphatic carbocycles. The van der Waals surface area contributed by atoms with Gasteiger partial charge in [-0.05, 0) is 73.3 Å². The van der Waals surface area contributed by atoms with Crippen LogP contribution in [0.25, 0.3) is 0 Å². The van der Waals surface area contributed by atoms with Gasteiger partial charge in [-0.25, -0.2) is 4.79 Å². The van der Waals surface area contributed by atoms with E-state index in [0.717, 1.165) is 44.1 Å². The van der Waals surface area contributed by atoms with Gasteiger partial charge in [0, 0.05) is 11.5 Å². The molecule has 1 aromatic heterocycles. The molecule has 25 heavy (non-hydrogen) atoms. The first-order chi connectivity index (χ1) is 11.7. The molecule has 0 amide bonds. The van der Waals surface area contributed by atoms with Crippen molar-refractivity contribution in [1.29, 1.82) is 0 Å². The molecule has 0 radical (unpaired) electrons. The summed E-state index contributed by atoms with van der Waals surface area (Å²) in [7, 11) is 0. The van der Waals surface area contributed by atoms with Crippen LogP contribution in [-0.2, 0) is 0 Å². The molecule has 0 saturated heterocycles. The van der Waals surface area contributed by atoms with Crippen LogP contribution in [0.4, 0.5) is 0 Å². The molecule has 1 heterocycles. The van der Waals surface area contributed by atoms with Crippen LogP contribution >= 0.6 is 0 Å². The van der Waals surface area contributed by atoms with Gasteiger partial charge in [0.15, 0.2) is 0 Å². The van der Waals surface area contributed by atoms with E-state index in [1.54, 1.807) is 6.26 Å². The van der Waals surface area contributed by atoms with Crippen LogP contribution in [0.3, 0.4) is 0 Å². The van der Waals surface area contributed by atoms with Crippen molar-refractivity contribution < 1.29 is 9.52 Å². The lowest BCUT2D eigenvalue weighted by atomic mass is 9.47. The van der Waals surface area contributed by atoms with Crippen LogP contribution < -0.4 is 5.63 Å². The van der Waals surface area contributed by atoms with Gasteiger partial charge < -0.3 is 9.52 Å². The molecule has 4 rings (SSSR count). The second-order valence-electron chi connectivity index (χ2n) is 9.44. The van der Waals surface area contributed by atoms with E-state index in [1.165, 1.54) is 11.6 Å². The third-order valence-electron chi connectivity index (χ3n) is 8.37. The molecule has 3 aliphatic rings. The van der Waals surface area contributed by atoms with E-state index in [1.807, 2.05) is 6.07 Å². The third-order valence-corrected chi connectivity index (χ3v) is 8.37. The summed E-state index contributed by atoms with van der Waals surface area (Å²) >= 11 is 0. The zero-order chi connectivity index (χ0) is 18.0. The first-order valence-corrected chi connectivity index (χ1v) is 9.69. The summed E-state index contributed by atoms with van der Waals surface area (Å²) in [6.45, 7) is 11.2. The Hall–Kier alpha value is -1.35. The molecule has 0 bridgehead atoms. The molecule has 136 valence electrons. The molecule has 3 heteroatoms. The van der Waals surface area contributed by atoms with Crippen LogP contribution in [0.5, 0.6) is 0 Å². The van der Waals surface area contributed by atoms with Gasteiger partial charge in [0.1, 0.15) is 0 Å². The van der Waals surface area contributed by atoms with Crippen molar-refractivity contribution in [3.63, 3.8) is 0 Å². The smallest absolute Gasteiger partial charge is 0.335 e. The molecule has 3 fully saturated rings. The van der Waals surface area contributed by atoms with E-state index < -0.39 is 5.60 Å². The number of hydrogen-bond donors (Lipinski definition) is 1. The second-order valence-corrected chi connectivity index (χ2v) is 9.44. The van der Waals surface area contributed by atoms with Gasteiger partial charge in [0.05, 0.1) is 11.9 Å². The van der Waals surface area contributed by atoms with Crippen molar-refractivity contribution in [2.75, 3.05) is 0 Å². The molecule has 1 aromatic rings. The monoisotopic (exact) mass is 342 g/mol. The third kappa shape index (κ3) is 2.17. The normalized spacial score (nSPS) is 42.7. The maximum absolute atomic E-state index is 11.9. The second kappa shape index (κ2) is 5.33. The minimum absolute atomic E-state index is 0.109. The highest BCUT2D eigenvalue weighted by atomic mass is 16.4. The topological polar surface area (TPSA) is 50.4 Å². The molecule has 3 saturated carbocycles. The standard InChI is InChI=1S/C22H30O3/c1-14-5-7-18-17(20(14,2)3)9-11-21(4)16(10-12-22(18,21)24)15-6-8-19(23)25-13-15/h6,8,13,16-18,24H,1,5,7,9-12H2,2-4H3/t16-,17?,18?,21-,22+/m1/s1. The van der Waals surface area contributed by atoms with E-state index in [9.17, 15) is 9.90 Å². The fraction of sp³-hybridized carbons (Fsp3) is 0.682. The SMILES string of the molecule is C=C1CCC2C(CC[C@]3(C)[C@@H](c4ccc(=O)oc4)CC[C@]23O)C1(C)C. The molecule has 5 atom stereocenters. The molecule has 0 spiro atoms. The quantitative estimate of drug-likeness (QED) is 0.755. The lowest BCUT2D eigenvalue weighted by Crippen LogP contribution is -2.59. The molecule has 3 nitrogen and oxygen atoms in total. The maximum Gasteiger partial charge on any atom is 0.335 e. The zero-order valence-corrected chi connectivity index (χ0v) is 15.7. The van der Waals surface area contributed by atoms with E-state index in [2.05, 4.69) is 27.4 Å². The maximum atomic E-state index is 11.9. The highest BCUT2D eigenvalue weighted by molar-refractivity contribution is 5.28. The van der Waals surface area contributed by atoms with Gasteiger partial charge in [-0.1, -0.05) is 32.9 Å². The summed E-state index contributed by atoms with van der Waals surface area (Å²) in [5, 5.41) is 11.9. The van der Waals surface area contributed by atoms with Gasteiger partial charge in [-0.15, -0.1) is 0 Å². The van der Waals surface area contributed by atoms with Gasteiger partial charge >= 0.3 is 5.63 Å². The van der Waals surface area contributed by atoms with Crippen molar-refractivity contribution in [2.45, 2.75) is 70.8 Å². The molecule has 0 aromatic carbocycles. The molecule has 0 aliphatic heterocycles. The molecule has 1 N–H and O–H groups in total. The highest BCUT2D eigenvalue weighted by Gasteiger charge is 2.65. The van der Waals surface area contributed by atoms with Crippen molar-refractivity contribution >= 4 is 0 Å². The van der Waals surface area contributed by atoms with E-state index in [4.69, 9.17) is 4.42 Å². The minimum Gasteiger partial charge on any atom is -0.431 e. The summed E-state index contributed by atoms with van der Waals surface area (Å²) in [5.74, 6) is 1.11. The molecular weight excluding hydrogens is 312 g/mol. The van der Waals surface area contributed by atoms with Crippen molar-refractivity contribution in [3.05, 3.63) is 46.5 Å². The van der Waals surface area contributed by atoms with Crippen LogP contribution in [0.1, 0.15) is 70.8 Å². The Balaban J connectivity index is 1.72. The Morgan fingerprint density at radius 3 is 2.56 bits per heavy atom. The van der Waals surface area contributed by atoms with Crippen molar-refractivity contribution in [2.24, 2.45) is 22.7 Å². The van der Waals surface area contributed by atoms with E-state index in [0.29, 0.717) is 11.8 Å². The predicted octanol–water partition coefficient (Wildman–Crippen LogP) is 4.66. The van der Waals surface area contributed by atoms with Crippen molar-refractivity contribution in [3.8, 4) is 0 Å².